The van der Waals surface area contributed by atoms with Crippen molar-refractivity contribution in [2.24, 2.45) is 34.5 Å². The molecule has 0 aromatic heterocycles. The fraction of sp³-hybridized carbons (Fsp3) is 0.714. The van der Waals surface area contributed by atoms with Crippen LogP contribution in [0.4, 0.5) is 5.69 Å². The zero-order chi connectivity index (χ0) is 21.2. The summed E-state index contributed by atoms with van der Waals surface area (Å²) in [5.74, 6) is 4.55. The maximum atomic E-state index is 6.66. The maximum Gasteiger partial charge on any atom is 0.119 e. The first-order valence-electron chi connectivity index (χ1n) is 12.8. The Morgan fingerprint density at radius 2 is 1.81 bits per heavy atom. The van der Waals surface area contributed by atoms with Crippen molar-refractivity contribution in [3.63, 3.8) is 0 Å². The summed E-state index contributed by atoms with van der Waals surface area (Å²) in [7, 11) is 1.72. The van der Waals surface area contributed by atoms with Gasteiger partial charge in [-0.3, -0.25) is 4.84 Å². The molecule has 4 aliphatic carbocycles. The van der Waals surface area contributed by atoms with Crippen molar-refractivity contribution in [1.82, 2.24) is 0 Å². The summed E-state index contributed by atoms with van der Waals surface area (Å²) in [6.45, 7) is 6.12. The van der Waals surface area contributed by atoms with Crippen LogP contribution in [-0.2, 0) is 4.84 Å². The highest BCUT2D eigenvalue weighted by Crippen LogP contribution is 2.67. The highest BCUT2D eigenvalue weighted by atomic mass is 16.7. The molecule has 3 heteroatoms. The highest BCUT2D eigenvalue weighted by Gasteiger charge is 2.61. The molecule has 1 heterocycles. The van der Waals surface area contributed by atoms with E-state index < -0.39 is 0 Å². The van der Waals surface area contributed by atoms with Crippen LogP contribution in [-0.4, -0.2) is 19.8 Å². The molecule has 1 aliphatic heterocycles. The van der Waals surface area contributed by atoms with Gasteiger partial charge in [-0.05, 0) is 109 Å². The zero-order valence-electron chi connectivity index (χ0n) is 19.6. The van der Waals surface area contributed by atoms with Crippen LogP contribution >= 0.6 is 0 Å². The molecule has 1 aromatic rings. The summed E-state index contributed by atoms with van der Waals surface area (Å²) in [4.78, 5) is 6.66. The molecular formula is C28H39NO2. The van der Waals surface area contributed by atoms with E-state index in [1.165, 1.54) is 57.8 Å². The van der Waals surface area contributed by atoms with Crippen LogP contribution in [0.15, 0.2) is 35.9 Å². The molecule has 5 aliphatic rings. The van der Waals surface area contributed by atoms with Gasteiger partial charge >= 0.3 is 0 Å². The molecule has 4 fully saturated rings. The van der Waals surface area contributed by atoms with Crippen molar-refractivity contribution in [3.8, 4) is 5.75 Å². The van der Waals surface area contributed by atoms with E-state index in [1.54, 1.807) is 12.7 Å². The lowest BCUT2D eigenvalue weighted by molar-refractivity contribution is -0.0981. The first kappa shape index (κ1) is 20.1. The number of nitrogens with zero attached hydrogens (tertiary/aromatic N) is 1. The van der Waals surface area contributed by atoms with Gasteiger partial charge in [-0.25, -0.2) is 5.06 Å². The summed E-state index contributed by atoms with van der Waals surface area (Å²) in [5.41, 5.74) is 3.72. The molecule has 3 nitrogen and oxygen atoms in total. The maximum absolute atomic E-state index is 6.66. The Bertz CT molecular complexity index is 862. The van der Waals surface area contributed by atoms with Crippen LogP contribution in [0.25, 0.3) is 0 Å². The van der Waals surface area contributed by atoms with E-state index in [0.29, 0.717) is 10.8 Å². The van der Waals surface area contributed by atoms with Crippen molar-refractivity contribution in [2.45, 2.75) is 77.7 Å². The molecule has 0 saturated heterocycles. The van der Waals surface area contributed by atoms with Gasteiger partial charge in [0.15, 0.2) is 0 Å². The van der Waals surface area contributed by atoms with E-state index in [-0.39, 0.29) is 6.10 Å². The van der Waals surface area contributed by atoms with Gasteiger partial charge < -0.3 is 4.74 Å². The molecule has 168 valence electrons. The normalized spacial score (nSPS) is 43.9. The predicted molar refractivity (Wildman–Crippen MR) is 125 cm³/mol. The van der Waals surface area contributed by atoms with E-state index in [2.05, 4.69) is 37.1 Å². The number of hydroxylamine groups is 1. The number of fused-ring (bicyclic) bond motifs is 7. The van der Waals surface area contributed by atoms with Crippen LogP contribution in [0.2, 0.25) is 0 Å². The summed E-state index contributed by atoms with van der Waals surface area (Å²) in [5, 5.41) is 2.10. The number of ether oxygens (including phenoxy) is 1. The van der Waals surface area contributed by atoms with Crippen molar-refractivity contribution >= 4 is 5.69 Å². The molecule has 7 atom stereocenters. The number of methoxy groups -OCH3 is 1. The quantitative estimate of drug-likeness (QED) is 0.491. The lowest BCUT2D eigenvalue weighted by Crippen LogP contribution is -2.52. The van der Waals surface area contributed by atoms with E-state index in [1.807, 2.05) is 12.1 Å². The van der Waals surface area contributed by atoms with Crippen LogP contribution < -0.4 is 9.80 Å². The van der Waals surface area contributed by atoms with Gasteiger partial charge in [0.1, 0.15) is 11.9 Å². The third-order valence-electron chi connectivity index (χ3n) is 10.5. The van der Waals surface area contributed by atoms with Gasteiger partial charge in [-0.15, -0.1) is 0 Å². The van der Waals surface area contributed by atoms with E-state index in [9.17, 15) is 0 Å². The second-order valence-corrected chi connectivity index (χ2v) is 11.6. The number of benzene rings is 1. The van der Waals surface area contributed by atoms with E-state index >= 15 is 0 Å². The summed E-state index contributed by atoms with van der Waals surface area (Å²) in [6.07, 6.45) is 15.7. The Morgan fingerprint density at radius 3 is 2.61 bits per heavy atom. The average Bonchev–Trinajstić information content (AvgIpc) is 3.10. The smallest absolute Gasteiger partial charge is 0.119 e. The Labute approximate surface area is 188 Å². The molecule has 6 rings (SSSR count). The van der Waals surface area contributed by atoms with Gasteiger partial charge in [-0.2, -0.15) is 0 Å². The minimum atomic E-state index is 0.265. The standard InChI is InChI=1S/C28H39NO2/c1-27-15-5-4-6-19(27)7-12-22-23(27)13-16-28(2)24-14-17-29(31-26(24)18-25(22)28)20-8-10-21(30-3)11-9-20/h8-11,14,19,22-23,25-26H,4-7,12-13,15-18H2,1-3H3/t19-,22-,23+,25+,26-,27+,28-/m1/s1. The molecule has 0 bridgehead atoms. The molecule has 0 radical (unpaired) electrons. The fourth-order valence-electron chi connectivity index (χ4n) is 8.89. The Hall–Kier alpha value is -1.48. The number of hydrogen-bond donors (Lipinski definition) is 0. The fourth-order valence-corrected chi connectivity index (χ4v) is 8.89. The minimum absolute atomic E-state index is 0.265. The first-order chi connectivity index (χ1) is 15.0. The lowest BCUT2D eigenvalue weighted by atomic mass is 9.45. The number of anilines is 1. The van der Waals surface area contributed by atoms with Crippen LogP contribution in [0.5, 0.6) is 5.75 Å². The molecule has 0 unspecified atom stereocenters. The van der Waals surface area contributed by atoms with Crippen molar-refractivity contribution in [3.05, 3.63) is 35.9 Å². The summed E-state index contributed by atoms with van der Waals surface area (Å²) in [6, 6.07) is 8.29. The highest BCUT2D eigenvalue weighted by molar-refractivity contribution is 5.49. The topological polar surface area (TPSA) is 21.7 Å². The van der Waals surface area contributed by atoms with E-state index in [0.717, 1.165) is 41.7 Å². The van der Waals surface area contributed by atoms with Crippen molar-refractivity contribution < 1.29 is 9.57 Å². The molecular weight excluding hydrogens is 382 g/mol. The molecule has 4 saturated carbocycles. The largest absolute Gasteiger partial charge is 0.497 e. The van der Waals surface area contributed by atoms with E-state index in [4.69, 9.17) is 9.57 Å². The number of rotatable bonds is 2. The second kappa shape index (κ2) is 7.27. The van der Waals surface area contributed by atoms with Gasteiger partial charge in [0.2, 0.25) is 0 Å². The Kier molecular flexibility index (Phi) is 4.72. The molecule has 31 heavy (non-hydrogen) atoms. The summed E-state index contributed by atoms with van der Waals surface area (Å²) >= 11 is 0. The second-order valence-electron chi connectivity index (χ2n) is 11.6. The number of hydrogen-bond acceptors (Lipinski definition) is 3. The first-order valence-corrected chi connectivity index (χ1v) is 12.8. The van der Waals surface area contributed by atoms with Gasteiger partial charge in [-0.1, -0.05) is 32.8 Å². The van der Waals surface area contributed by atoms with Crippen molar-refractivity contribution in [1.29, 1.82) is 0 Å². The van der Waals surface area contributed by atoms with Gasteiger partial charge in [0.25, 0.3) is 0 Å². The zero-order valence-corrected chi connectivity index (χ0v) is 19.6. The van der Waals surface area contributed by atoms with Gasteiger partial charge in [0.05, 0.1) is 19.3 Å². The third-order valence-corrected chi connectivity index (χ3v) is 10.5. The SMILES string of the molecule is COc1ccc(N2CC=C3[C@@H](C[C@H]4[C@@H]5CC[C@H]6CCCC[C@]6(C)[C@H]5CC[C@]34C)O2)cc1. The average molecular weight is 422 g/mol. The predicted octanol–water partition coefficient (Wildman–Crippen LogP) is 6.78. The summed E-state index contributed by atoms with van der Waals surface area (Å²) < 4.78 is 5.33. The Balaban J connectivity index is 1.25. The molecule has 0 N–H and O–H groups in total. The molecule has 0 spiro atoms. The Morgan fingerprint density at radius 1 is 0.968 bits per heavy atom. The van der Waals surface area contributed by atoms with Crippen molar-refractivity contribution in [2.75, 3.05) is 18.7 Å². The molecule has 0 amide bonds. The lowest BCUT2D eigenvalue weighted by Gasteiger charge is -2.60. The molecule has 1 aromatic carbocycles. The monoisotopic (exact) mass is 421 g/mol. The van der Waals surface area contributed by atoms with Crippen LogP contribution in [0.1, 0.15) is 71.6 Å². The van der Waals surface area contributed by atoms with Gasteiger partial charge in [0, 0.05) is 0 Å². The van der Waals surface area contributed by atoms with Crippen LogP contribution in [0.3, 0.4) is 0 Å². The minimum Gasteiger partial charge on any atom is -0.497 e. The third kappa shape index (κ3) is 2.95. The van der Waals surface area contributed by atoms with Crippen LogP contribution in [0, 0.1) is 34.5 Å².